The van der Waals surface area contributed by atoms with Gasteiger partial charge in [-0.25, -0.2) is 9.78 Å². The van der Waals surface area contributed by atoms with Crippen molar-refractivity contribution in [2.75, 3.05) is 29.9 Å². The van der Waals surface area contributed by atoms with Crippen LogP contribution in [0.1, 0.15) is 44.9 Å². The molecule has 0 aromatic carbocycles. The molecule has 4 rings (SSSR count). The summed E-state index contributed by atoms with van der Waals surface area (Å²) >= 11 is 0. The second kappa shape index (κ2) is 7.58. The number of pyridine rings is 1. The molecule has 1 atom stereocenters. The third kappa shape index (κ3) is 3.65. The van der Waals surface area contributed by atoms with Crippen LogP contribution < -0.4 is 10.2 Å². The minimum atomic E-state index is -1.11. The first-order valence-corrected chi connectivity index (χ1v) is 10.2. The average Bonchev–Trinajstić information content (AvgIpc) is 2.98. The van der Waals surface area contributed by atoms with Gasteiger partial charge in [0.15, 0.2) is 0 Å². The summed E-state index contributed by atoms with van der Waals surface area (Å²) in [4.78, 5) is 32.7. The van der Waals surface area contributed by atoms with Gasteiger partial charge in [-0.15, -0.1) is 0 Å². The van der Waals surface area contributed by atoms with Crippen LogP contribution in [0.2, 0.25) is 0 Å². The summed E-state index contributed by atoms with van der Waals surface area (Å²) in [5.41, 5.74) is 0.0964. The van der Waals surface area contributed by atoms with Gasteiger partial charge in [0.2, 0.25) is 5.91 Å². The van der Waals surface area contributed by atoms with E-state index in [1.165, 1.54) is 6.20 Å². The number of carboxylic acid groups (broad SMARTS) is 1. The maximum absolute atomic E-state index is 13.4. The number of likely N-dealkylation sites (tertiary alicyclic amines) is 1. The normalized spacial score (nSPS) is 30.7. The molecular weight excluding hydrogens is 360 g/mol. The third-order valence-electron chi connectivity index (χ3n) is 6.55. The zero-order chi connectivity index (χ0) is 19.7. The second-order valence-corrected chi connectivity index (χ2v) is 8.35. The van der Waals surface area contributed by atoms with Crippen molar-refractivity contribution in [3.8, 4) is 0 Å². The molecule has 1 saturated carbocycles. The standard InChI is InChI=1S/C20H28N4O4/c25-16-5-3-15(4-6-16)24-11-9-20(18(24)26)8-1-10-23(13-20)17-7-2-14(12-21-17)22-19(27)28/h2,7,12,15-16,22,25H,1,3-6,8-11,13H2,(H,27,28)/t15?,16?,20-/m0/s1. The quantitative estimate of drug-likeness (QED) is 0.734. The van der Waals surface area contributed by atoms with Gasteiger partial charge in [0.25, 0.3) is 0 Å². The van der Waals surface area contributed by atoms with E-state index in [-0.39, 0.29) is 23.5 Å². The molecule has 1 aromatic rings. The lowest BCUT2D eigenvalue weighted by Crippen LogP contribution is -2.50. The lowest BCUT2D eigenvalue weighted by Gasteiger charge is -2.41. The highest BCUT2D eigenvalue weighted by Gasteiger charge is 2.50. The molecule has 2 saturated heterocycles. The number of carbonyl (C=O) groups is 2. The summed E-state index contributed by atoms with van der Waals surface area (Å²) < 4.78 is 0. The van der Waals surface area contributed by atoms with E-state index >= 15 is 0 Å². The first-order chi connectivity index (χ1) is 13.5. The lowest BCUT2D eigenvalue weighted by molar-refractivity contribution is -0.139. The predicted molar refractivity (Wildman–Crippen MR) is 104 cm³/mol. The van der Waals surface area contributed by atoms with Crippen LogP contribution in [-0.4, -0.2) is 63.9 Å². The van der Waals surface area contributed by atoms with Gasteiger partial charge in [0.05, 0.1) is 23.4 Å². The maximum Gasteiger partial charge on any atom is 0.409 e. The van der Waals surface area contributed by atoms with Gasteiger partial charge in [-0.05, 0) is 57.1 Å². The van der Waals surface area contributed by atoms with E-state index in [2.05, 4.69) is 20.1 Å². The van der Waals surface area contributed by atoms with Crippen molar-refractivity contribution in [3.63, 3.8) is 0 Å². The van der Waals surface area contributed by atoms with Crippen LogP contribution in [0.5, 0.6) is 0 Å². The van der Waals surface area contributed by atoms with Gasteiger partial charge in [0.1, 0.15) is 5.82 Å². The minimum absolute atomic E-state index is 0.210. The second-order valence-electron chi connectivity index (χ2n) is 8.35. The molecule has 152 valence electrons. The Hall–Kier alpha value is -2.35. The smallest absolute Gasteiger partial charge is 0.409 e. The Morgan fingerprint density at radius 1 is 1.18 bits per heavy atom. The molecule has 3 N–H and O–H groups in total. The van der Waals surface area contributed by atoms with Crippen molar-refractivity contribution in [2.45, 2.75) is 57.1 Å². The molecule has 2 aliphatic heterocycles. The predicted octanol–water partition coefficient (Wildman–Crippen LogP) is 2.29. The Morgan fingerprint density at radius 2 is 1.96 bits per heavy atom. The van der Waals surface area contributed by atoms with Crippen LogP contribution in [-0.2, 0) is 4.79 Å². The number of anilines is 2. The highest BCUT2D eigenvalue weighted by Crippen LogP contribution is 2.43. The molecule has 0 bridgehead atoms. The molecule has 3 fully saturated rings. The van der Waals surface area contributed by atoms with Gasteiger partial charge >= 0.3 is 6.09 Å². The van der Waals surface area contributed by atoms with Crippen LogP contribution in [0.25, 0.3) is 0 Å². The monoisotopic (exact) mass is 388 g/mol. The number of piperidine rings is 1. The molecule has 8 heteroatoms. The SMILES string of the molecule is O=C(O)Nc1ccc(N2CCC[C@]3(CCN(C4CCC(O)CC4)C3=O)C2)nc1. The fourth-order valence-electron chi connectivity index (χ4n) is 5.04. The van der Waals surface area contributed by atoms with Gasteiger partial charge < -0.3 is 20.0 Å². The van der Waals surface area contributed by atoms with Crippen LogP contribution in [0.3, 0.4) is 0 Å². The number of aliphatic hydroxyl groups is 1. The van der Waals surface area contributed by atoms with Gasteiger partial charge in [-0.2, -0.15) is 0 Å². The molecule has 3 heterocycles. The molecule has 1 aromatic heterocycles. The van der Waals surface area contributed by atoms with E-state index in [0.29, 0.717) is 12.2 Å². The van der Waals surface area contributed by atoms with Crippen molar-refractivity contribution in [3.05, 3.63) is 18.3 Å². The average molecular weight is 388 g/mol. The number of aliphatic hydroxyl groups excluding tert-OH is 1. The fourth-order valence-corrected chi connectivity index (χ4v) is 5.04. The molecule has 8 nitrogen and oxygen atoms in total. The molecule has 0 radical (unpaired) electrons. The Bertz CT molecular complexity index is 732. The minimum Gasteiger partial charge on any atom is -0.465 e. The van der Waals surface area contributed by atoms with Crippen molar-refractivity contribution >= 4 is 23.5 Å². The topological polar surface area (TPSA) is 106 Å². The lowest BCUT2D eigenvalue weighted by atomic mass is 9.78. The third-order valence-corrected chi connectivity index (χ3v) is 6.55. The maximum atomic E-state index is 13.4. The van der Waals surface area contributed by atoms with Crippen LogP contribution >= 0.6 is 0 Å². The summed E-state index contributed by atoms with van der Waals surface area (Å²) in [6.45, 7) is 2.32. The summed E-state index contributed by atoms with van der Waals surface area (Å²) in [6, 6.07) is 3.78. The number of amides is 2. The molecule has 28 heavy (non-hydrogen) atoms. The largest absolute Gasteiger partial charge is 0.465 e. The van der Waals surface area contributed by atoms with E-state index < -0.39 is 6.09 Å². The first-order valence-electron chi connectivity index (χ1n) is 10.2. The highest BCUT2D eigenvalue weighted by molar-refractivity contribution is 5.86. The van der Waals surface area contributed by atoms with Crippen LogP contribution in [0, 0.1) is 5.41 Å². The summed E-state index contributed by atoms with van der Waals surface area (Å²) in [5, 5.41) is 20.8. The Labute approximate surface area is 164 Å². The molecule has 3 aliphatic rings. The Balaban J connectivity index is 1.44. The van der Waals surface area contributed by atoms with E-state index in [1.807, 2.05) is 6.07 Å². The molecule has 0 unspecified atom stereocenters. The molecular formula is C20H28N4O4. The molecule has 2 amide bonds. The zero-order valence-corrected chi connectivity index (χ0v) is 16.0. The number of carbonyl (C=O) groups excluding carboxylic acids is 1. The Kier molecular flexibility index (Phi) is 5.14. The van der Waals surface area contributed by atoms with Crippen LogP contribution in [0.4, 0.5) is 16.3 Å². The van der Waals surface area contributed by atoms with Gasteiger partial charge in [0, 0.05) is 25.7 Å². The zero-order valence-electron chi connectivity index (χ0n) is 16.0. The van der Waals surface area contributed by atoms with Crippen molar-refractivity contribution in [1.29, 1.82) is 0 Å². The van der Waals surface area contributed by atoms with E-state index in [4.69, 9.17) is 5.11 Å². The van der Waals surface area contributed by atoms with Gasteiger partial charge in [-0.3, -0.25) is 10.1 Å². The van der Waals surface area contributed by atoms with Crippen LogP contribution in [0.15, 0.2) is 18.3 Å². The Morgan fingerprint density at radius 3 is 2.64 bits per heavy atom. The van der Waals surface area contributed by atoms with E-state index in [1.54, 1.807) is 6.07 Å². The number of hydrogen-bond donors (Lipinski definition) is 3. The number of aromatic nitrogens is 1. The van der Waals surface area contributed by atoms with Crippen molar-refractivity contribution in [1.82, 2.24) is 9.88 Å². The summed E-state index contributed by atoms with van der Waals surface area (Å²) in [7, 11) is 0. The van der Waals surface area contributed by atoms with E-state index in [9.17, 15) is 14.7 Å². The first kappa shape index (κ1) is 19.0. The number of nitrogens with one attached hydrogen (secondary N) is 1. The number of rotatable bonds is 3. The van der Waals surface area contributed by atoms with Crippen molar-refractivity contribution in [2.24, 2.45) is 5.41 Å². The number of hydrogen-bond acceptors (Lipinski definition) is 5. The molecule has 1 spiro atoms. The number of nitrogens with zero attached hydrogens (tertiary/aromatic N) is 3. The highest BCUT2D eigenvalue weighted by atomic mass is 16.4. The summed E-state index contributed by atoms with van der Waals surface area (Å²) in [6.07, 6.45) is 6.28. The van der Waals surface area contributed by atoms with Gasteiger partial charge in [-0.1, -0.05) is 0 Å². The summed E-state index contributed by atoms with van der Waals surface area (Å²) in [5.74, 6) is 1.05. The molecule has 1 aliphatic carbocycles. The van der Waals surface area contributed by atoms with E-state index in [0.717, 1.165) is 63.9 Å². The van der Waals surface area contributed by atoms with Crippen molar-refractivity contribution < 1.29 is 19.8 Å². The fraction of sp³-hybridized carbons (Fsp3) is 0.650.